The van der Waals surface area contributed by atoms with E-state index in [1.165, 1.54) is 0 Å². The number of nitrogens with one attached hydrogen (secondary N) is 1. The molecular formula is C25H36NO5S-. The first-order valence-electron chi connectivity index (χ1n) is 11.9. The van der Waals surface area contributed by atoms with Crippen LogP contribution in [0.4, 0.5) is 5.69 Å². The number of amides is 1. The Kier molecular flexibility index (Phi) is 7.23. The van der Waals surface area contributed by atoms with Crippen molar-refractivity contribution in [2.24, 2.45) is 23.7 Å². The van der Waals surface area contributed by atoms with Crippen LogP contribution in [-0.4, -0.2) is 36.3 Å². The average molecular weight is 463 g/mol. The molecule has 1 aromatic carbocycles. The molecule has 2 bridgehead atoms. The van der Waals surface area contributed by atoms with Crippen molar-refractivity contribution in [1.29, 1.82) is 0 Å². The molecule has 1 N–H and O–H groups in total. The van der Waals surface area contributed by atoms with Crippen molar-refractivity contribution in [2.75, 3.05) is 18.2 Å². The van der Waals surface area contributed by atoms with Crippen molar-refractivity contribution in [1.82, 2.24) is 0 Å². The highest BCUT2D eigenvalue weighted by Gasteiger charge is 2.60. The minimum Gasteiger partial charge on any atom is -0.852 e. The molecule has 7 atom stereocenters. The lowest BCUT2D eigenvalue weighted by molar-refractivity contribution is -0.521. The first-order valence-corrected chi connectivity index (χ1v) is 13.1. The molecule has 0 radical (unpaired) electrons. The molecule has 3 saturated heterocycles. The molecule has 1 aliphatic carbocycles. The third-order valence-electron chi connectivity index (χ3n) is 8.02. The zero-order valence-corrected chi connectivity index (χ0v) is 20.4. The van der Waals surface area contributed by atoms with Gasteiger partial charge in [0.2, 0.25) is 5.91 Å². The highest BCUT2D eigenvalue weighted by molar-refractivity contribution is 7.98. The van der Waals surface area contributed by atoms with Gasteiger partial charge in [-0.25, -0.2) is 9.78 Å². The third kappa shape index (κ3) is 4.60. The highest BCUT2D eigenvalue weighted by Crippen LogP contribution is 2.55. The minimum absolute atomic E-state index is 0.0640. The molecule has 5 rings (SSSR count). The lowest BCUT2D eigenvalue weighted by Gasteiger charge is -2.55. The number of para-hydroxylation sites is 1. The number of thioether (sulfide) groups is 1. The maximum absolute atomic E-state index is 13.3. The number of hydrogen-bond acceptors (Lipinski definition) is 6. The van der Waals surface area contributed by atoms with Gasteiger partial charge >= 0.3 is 0 Å². The van der Waals surface area contributed by atoms with Gasteiger partial charge in [0, 0.05) is 17.7 Å². The molecule has 1 amide bonds. The molecule has 6 nitrogen and oxygen atoms in total. The van der Waals surface area contributed by atoms with E-state index in [4.69, 9.17) is 14.5 Å². The lowest BCUT2D eigenvalue weighted by atomic mass is 9.59. The number of fused-ring (bicyclic) bond motifs is 3. The SMILES string of the molecule is CSc1ccccc1NC(=O)CC[C@@H]([O-])[C@H](C)[C@@H]1CC[C@@H](C)[C@@H]2CC[C@]3(C)OC[C@]12OO3. The zero-order chi connectivity index (χ0) is 22.9. The van der Waals surface area contributed by atoms with E-state index in [0.29, 0.717) is 24.9 Å². The van der Waals surface area contributed by atoms with Crippen LogP contribution < -0.4 is 10.4 Å². The molecule has 32 heavy (non-hydrogen) atoms. The molecule has 4 fully saturated rings. The van der Waals surface area contributed by atoms with Gasteiger partial charge in [-0.3, -0.25) is 4.79 Å². The van der Waals surface area contributed by atoms with E-state index < -0.39 is 17.5 Å². The van der Waals surface area contributed by atoms with Crippen molar-refractivity contribution in [3.05, 3.63) is 24.3 Å². The van der Waals surface area contributed by atoms with Gasteiger partial charge in [-0.05, 0) is 62.3 Å². The van der Waals surface area contributed by atoms with Crippen LogP contribution in [0, 0.1) is 23.7 Å². The number of benzene rings is 1. The van der Waals surface area contributed by atoms with Crippen LogP contribution in [0.5, 0.6) is 0 Å². The molecule has 7 heteroatoms. The summed E-state index contributed by atoms with van der Waals surface area (Å²) in [5.74, 6) is -0.0261. The summed E-state index contributed by atoms with van der Waals surface area (Å²) in [5.41, 5.74) is 0.241. The van der Waals surface area contributed by atoms with Crippen molar-refractivity contribution in [3.8, 4) is 0 Å². The topological polar surface area (TPSA) is 79.9 Å². The fraction of sp³-hybridized carbons (Fsp3) is 0.720. The van der Waals surface area contributed by atoms with E-state index in [2.05, 4.69) is 12.2 Å². The summed E-state index contributed by atoms with van der Waals surface area (Å²) < 4.78 is 6.13. The predicted octanol–water partition coefficient (Wildman–Crippen LogP) is 4.38. The maximum Gasteiger partial charge on any atom is 0.224 e. The van der Waals surface area contributed by atoms with Gasteiger partial charge in [-0.15, -0.1) is 17.9 Å². The van der Waals surface area contributed by atoms with Gasteiger partial charge in [0.05, 0.1) is 12.3 Å². The summed E-state index contributed by atoms with van der Waals surface area (Å²) >= 11 is 1.59. The Morgan fingerprint density at radius 2 is 2.06 bits per heavy atom. The Bertz CT molecular complexity index is 809. The molecule has 1 aromatic rings. The highest BCUT2D eigenvalue weighted by atomic mass is 32.2. The fourth-order valence-electron chi connectivity index (χ4n) is 5.99. The van der Waals surface area contributed by atoms with E-state index in [1.54, 1.807) is 11.8 Å². The second kappa shape index (κ2) is 9.63. The summed E-state index contributed by atoms with van der Waals surface area (Å²) in [6.07, 6.45) is 5.46. The van der Waals surface area contributed by atoms with Crippen molar-refractivity contribution in [2.45, 2.75) is 81.7 Å². The summed E-state index contributed by atoms with van der Waals surface area (Å²) in [6.45, 7) is 6.72. The average Bonchev–Trinajstić information content (AvgIpc) is 3.04. The normalized spacial score (nSPS) is 36.1. The van der Waals surface area contributed by atoms with Crippen LogP contribution >= 0.6 is 11.8 Å². The second-order valence-corrected chi connectivity index (χ2v) is 10.9. The van der Waals surface area contributed by atoms with Crippen LogP contribution in [0.15, 0.2) is 29.2 Å². The Hall–Kier alpha value is -1.12. The van der Waals surface area contributed by atoms with Gasteiger partial charge in [0.1, 0.15) is 5.60 Å². The first kappa shape index (κ1) is 24.0. The summed E-state index contributed by atoms with van der Waals surface area (Å²) in [5, 5.41) is 16.2. The molecule has 4 aliphatic rings. The molecule has 1 saturated carbocycles. The van der Waals surface area contributed by atoms with Gasteiger partial charge in [0.15, 0.2) is 5.79 Å². The molecule has 0 aromatic heterocycles. The number of carbonyl (C=O) groups is 1. The van der Waals surface area contributed by atoms with Crippen LogP contribution in [-0.2, 0) is 19.3 Å². The Morgan fingerprint density at radius 1 is 1.28 bits per heavy atom. The smallest absolute Gasteiger partial charge is 0.224 e. The molecular weight excluding hydrogens is 426 g/mol. The monoisotopic (exact) mass is 462 g/mol. The van der Waals surface area contributed by atoms with Crippen molar-refractivity contribution < 1.29 is 24.4 Å². The van der Waals surface area contributed by atoms with Crippen molar-refractivity contribution in [3.63, 3.8) is 0 Å². The van der Waals surface area contributed by atoms with Gasteiger partial charge in [-0.2, -0.15) is 0 Å². The number of hydrogen-bond donors (Lipinski definition) is 1. The Labute approximate surface area is 195 Å². The van der Waals surface area contributed by atoms with E-state index in [0.717, 1.165) is 36.3 Å². The van der Waals surface area contributed by atoms with E-state index >= 15 is 0 Å². The standard InChI is InChI=1S/C25H36NO5S/c1-16-9-10-19(25-15-29-24(3,30-31-25)14-13-18(16)25)17(2)21(27)11-12-23(28)26-20-7-5-6-8-22(20)32-4/h5-8,16-19,21H,9-15H2,1-4H3,(H,26,28)/q-1/t16-,17-,18+,19+,21-,24-,25-/m1/s1. The maximum atomic E-state index is 13.3. The lowest BCUT2D eigenvalue weighted by Crippen LogP contribution is -2.61. The van der Waals surface area contributed by atoms with E-state index in [9.17, 15) is 9.90 Å². The summed E-state index contributed by atoms with van der Waals surface area (Å²) in [7, 11) is 0. The molecule has 0 unspecified atom stereocenters. The van der Waals surface area contributed by atoms with Crippen LogP contribution in [0.25, 0.3) is 0 Å². The quantitative estimate of drug-likeness (QED) is 0.478. The summed E-state index contributed by atoms with van der Waals surface area (Å²) in [4.78, 5) is 25.4. The van der Waals surface area contributed by atoms with Gasteiger partial charge in [-0.1, -0.05) is 38.3 Å². The Morgan fingerprint density at radius 3 is 2.78 bits per heavy atom. The molecule has 3 heterocycles. The largest absolute Gasteiger partial charge is 0.852 e. The minimum atomic E-state index is -0.842. The summed E-state index contributed by atoms with van der Waals surface area (Å²) in [6, 6.07) is 7.72. The molecule has 1 spiro atoms. The van der Waals surface area contributed by atoms with Crippen LogP contribution in [0.1, 0.15) is 59.3 Å². The van der Waals surface area contributed by atoms with Gasteiger partial charge < -0.3 is 15.2 Å². The number of ether oxygens (including phenoxy) is 1. The number of anilines is 1. The van der Waals surface area contributed by atoms with Crippen LogP contribution in [0.2, 0.25) is 0 Å². The van der Waals surface area contributed by atoms with E-state index in [-0.39, 0.29) is 24.2 Å². The fourth-order valence-corrected chi connectivity index (χ4v) is 6.54. The predicted molar refractivity (Wildman–Crippen MR) is 123 cm³/mol. The first-order chi connectivity index (χ1) is 15.3. The number of rotatable bonds is 7. The Balaban J connectivity index is 1.40. The van der Waals surface area contributed by atoms with E-state index in [1.807, 2.05) is 44.4 Å². The van der Waals surface area contributed by atoms with Crippen LogP contribution in [0.3, 0.4) is 0 Å². The second-order valence-electron chi connectivity index (χ2n) is 10.0. The number of carbonyl (C=O) groups excluding carboxylic acids is 1. The molecule has 178 valence electrons. The molecule has 3 aliphatic heterocycles. The van der Waals surface area contributed by atoms with Crippen molar-refractivity contribution >= 4 is 23.4 Å². The third-order valence-corrected chi connectivity index (χ3v) is 8.81. The zero-order valence-electron chi connectivity index (χ0n) is 19.6. The van der Waals surface area contributed by atoms with Gasteiger partial charge in [0.25, 0.3) is 0 Å².